The van der Waals surface area contributed by atoms with E-state index in [0.717, 1.165) is 41.2 Å². The lowest BCUT2D eigenvalue weighted by atomic mass is 10.1. The van der Waals surface area contributed by atoms with Gasteiger partial charge in [0.05, 0.1) is 11.0 Å². The van der Waals surface area contributed by atoms with E-state index in [4.69, 9.17) is 4.98 Å². The smallest absolute Gasteiger partial charge is 0.255 e. The van der Waals surface area contributed by atoms with Crippen LogP contribution in [0.2, 0.25) is 0 Å². The first-order valence-electron chi connectivity index (χ1n) is 9.98. The van der Waals surface area contributed by atoms with E-state index in [2.05, 4.69) is 33.4 Å². The van der Waals surface area contributed by atoms with Crippen LogP contribution < -0.4 is 10.2 Å². The molecular formula is C24H22N4O. The van der Waals surface area contributed by atoms with Crippen LogP contribution in [-0.2, 0) is 0 Å². The second kappa shape index (κ2) is 7.43. The van der Waals surface area contributed by atoms with Crippen LogP contribution in [-0.4, -0.2) is 29.0 Å². The van der Waals surface area contributed by atoms with Crippen LogP contribution in [0.5, 0.6) is 0 Å². The van der Waals surface area contributed by atoms with Crippen molar-refractivity contribution in [3.63, 3.8) is 0 Å². The van der Waals surface area contributed by atoms with Crippen molar-refractivity contribution in [3.8, 4) is 11.4 Å². The molecule has 5 heteroatoms. The summed E-state index contributed by atoms with van der Waals surface area (Å²) in [5.41, 5.74) is 5.65. The molecule has 0 radical (unpaired) electrons. The Morgan fingerprint density at radius 1 is 0.931 bits per heavy atom. The van der Waals surface area contributed by atoms with Crippen LogP contribution in [0, 0.1) is 0 Å². The van der Waals surface area contributed by atoms with Gasteiger partial charge in [-0.1, -0.05) is 18.2 Å². The van der Waals surface area contributed by atoms with Crippen LogP contribution in [0.15, 0.2) is 72.8 Å². The molecule has 0 spiro atoms. The van der Waals surface area contributed by atoms with Crippen molar-refractivity contribution in [3.05, 3.63) is 78.4 Å². The normalized spacial score (nSPS) is 13.7. The Hall–Kier alpha value is -3.60. The molecule has 3 aromatic carbocycles. The number of aromatic nitrogens is 2. The fraction of sp³-hybridized carbons (Fsp3) is 0.167. The van der Waals surface area contributed by atoms with Crippen LogP contribution in [0.4, 0.5) is 11.4 Å². The van der Waals surface area contributed by atoms with Crippen molar-refractivity contribution < 1.29 is 4.79 Å². The second-order valence-corrected chi connectivity index (χ2v) is 7.38. The second-order valence-electron chi connectivity index (χ2n) is 7.38. The van der Waals surface area contributed by atoms with Gasteiger partial charge in [-0.25, -0.2) is 4.98 Å². The Morgan fingerprint density at radius 2 is 1.69 bits per heavy atom. The molecule has 1 aliphatic rings. The molecule has 1 saturated heterocycles. The maximum Gasteiger partial charge on any atom is 0.255 e. The van der Waals surface area contributed by atoms with Crippen LogP contribution in [0.3, 0.4) is 0 Å². The van der Waals surface area contributed by atoms with Crippen LogP contribution in [0.1, 0.15) is 23.2 Å². The highest BCUT2D eigenvalue weighted by atomic mass is 16.1. The number of benzene rings is 3. The first-order chi connectivity index (χ1) is 14.3. The Labute approximate surface area is 169 Å². The number of nitrogens with one attached hydrogen (secondary N) is 2. The van der Waals surface area contributed by atoms with Crippen molar-refractivity contribution >= 4 is 28.3 Å². The number of nitrogens with zero attached hydrogens (tertiary/aromatic N) is 2. The highest BCUT2D eigenvalue weighted by Gasteiger charge is 2.14. The number of carbonyl (C=O) groups excluding carboxylic acids is 1. The topological polar surface area (TPSA) is 61.0 Å². The van der Waals surface area contributed by atoms with Gasteiger partial charge in [-0.3, -0.25) is 4.79 Å². The third kappa shape index (κ3) is 3.59. The molecule has 0 saturated carbocycles. The summed E-state index contributed by atoms with van der Waals surface area (Å²) >= 11 is 0. The van der Waals surface area contributed by atoms with E-state index in [1.165, 1.54) is 18.5 Å². The Bertz CT molecular complexity index is 1140. The maximum absolute atomic E-state index is 12.3. The minimum absolute atomic E-state index is 0.114. The van der Waals surface area contributed by atoms with Gasteiger partial charge in [-0.05, 0) is 67.4 Å². The third-order valence-electron chi connectivity index (χ3n) is 5.39. The molecular weight excluding hydrogens is 360 g/mol. The molecule has 1 amide bonds. The summed E-state index contributed by atoms with van der Waals surface area (Å²) in [6.45, 7) is 2.26. The summed E-state index contributed by atoms with van der Waals surface area (Å²) in [5.74, 6) is 0.719. The molecule has 0 bridgehead atoms. The number of H-pyrrole nitrogens is 1. The molecule has 1 aliphatic heterocycles. The third-order valence-corrected chi connectivity index (χ3v) is 5.39. The van der Waals surface area contributed by atoms with Crippen LogP contribution in [0.25, 0.3) is 22.4 Å². The number of aromatic amines is 1. The molecule has 2 N–H and O–H groups in total. The number of imidazole rings is 1. The van der Waals surface area contributed by atoms with Crippen molar-refractivity contribution in [2.24, 2.45) is 0 Å². The maximum atomic E-state index is 12.3. The number of amides is 1. The monoisotopic (exact) mass is 382 g/mol. The van der Waals surface area contributed by atoms with Gasteiger partial charge in [0.1, 0.15) is 5.82 Å². The molecule has 0 aliphatic carbocycles. The van der Waals surface area contributed by atoms with Gasteiger partial charge >= 0.3 is 0 Å². The van der Waals surface area contributed by atoms with Gasteiger partial charge in [0.15, 0.2) is 0 Å². The summed E-state index contributed by atoms with van der Waals surface area (Å²) < 4.78 is 0. The Kier molecular flexibility index (Phi) is 4.48. The minimum Gasteiger partial charge on any atom is -0.371 e. The van der Waals surface area contributed by atoms with Gasteiger partial charge < -0.3 is 15.2 Å². The molecule has 5 rings (SSSR count). The number of carbonyl (C=O) groups is 1. The van der Waals surface area contributed by atoms with Crippen molar-refractivity contribution in [1.82, 2.24) is 9.97 Å². The number of anilines is 2. The first-order valence-corrected chi connectivity index (χ1v) is 9.98. The average molecular weight is 382 g/mol. The van der Waals surface area contributed by atoms with E-state index < -0.39 is 0 Å². The summed E-state index contributed by atoms with van der Waals surface area (Å²) in [6, 6.07) is 23.4. The summed E-state index contributed by atoms with van der Waals surface area (Å²) in [5, 5.41) is 2.93. The van der Waals surface area contributed by atoms with Gasteiger partial charge in [0, 0.05) is 35.6 Å². The first kappa shape index (κ1) is 17.5. The Balaban J connectivity index is 1.35. The Morgan fingerprint density at radius 3 is 2.45 bits per heavy atom. The lowest BCUT2D eigenvalue weighted by molar-refractivity contribution is 0.102. The summed E-state index contributed by atoms with van der Waals surface area (Å²) in [6.07, 6.45) is 2.53. The quantitative estimate of drug-likeness (QED) is 0.517. The molecule has 1 aromatic heterocycles. The van der Waals surface area contributed by atoms with Crippen molar-refractivity contribution in [1.29, 1.82) is 0 Å². The van der Waals surface area contributed by atoms with E-state index in [0.29, 0.717) is 5.56 Å². The fourth-order valence-electron chi connectivity index (χ4n) is 3.81. The minimum atomic E-state index is -0.114. The zero-order chi connectivity index (χ0) is 19.6. The molecule has 0 unspecified atom stereocenters. The van der Waals surface area contributed by atoms with Crippen LogP contribution >= 0.6 is 0 Å². The van der Waals surface area contributed by atoms with Crippen molar-refractivity contribution in [2.75, 3.05) is 23.3 Å². The summed E-state index contributed by atoms with van der Waals surface area (Å²) in [7, 11) is 0. The molecule has 2 heterocycles. The van der Waals surface area contributed by atoms with E-state index in [1.54, 1.807) is 12.1 Å². The largest absolute Gasteiger partial charge is 0.371 e. The molecule has 144 valence electrons. The van der Waals surface area contributed by atoms with E-state index in [9.17, 15) is 4.79 Å². The lowest BCUT2D eigenvalue weighted by Crippen LogP contribution is -2.17. The predicted molar refractivity (Wildman–Crippen MR) is 117 cm³/mol. The lowest BCUT2D eigenvalue weighted by Gasteiger charge is -2.17. The summed E-state index contributed by atoms with van der Waals surface area (Å²) in [4.78, 5) is 22.9. The number of fused-ring (bicyclic) bond motifs is 1. The number of hydrogen-bond donors (Lipinski definition) is 2. The zero-order valence-corrected chi connectivity index (χ0v) is 16.1. The molecule has 4 aromatic rings. The standard InChI is InChI=1S/C24H22N4O/c29-24(18-6-2-1-3-7-18)25-19-10-8-17(9-11-19)23-26-21-13-12-20(16-22(21)27-23)28-14-4-5-15-28/h1-3,6-13,16H,4-5,14-15H2,(H,25,29)(H,26,27). The molecule has 0 atom stereocenters. The fourth-order valence-corrected chi connectivity index (χ4v) is 3.81. The van der Waals surface area contributed by atoms with Gasteiger partial charge in [0.25, 0.3) is 5.91 Å². The highest BCUT2D eigenvalue weighted by Crippen LogP contribution is 2.27. The van der Waals surface area contributed by atoms with Gasteiger partial charge in [-0.15, -0.1) is 0 Å². The van der Waals surface area contributed by atoms with Gasteiger partial charge in [-0.2, -0.15) is 0 Å². The molecule has 29 heavy (non-hydrogen) atoms. The number of rotatable bonds is 4. The SMILES string of the molecule is O=C(Nc1ccc(-c2nc3ccc(N4CCCC4)cc3[nH]2)cc1)c1ccccc1. The number of hydrogen-bond acceptors (Lipinski definition) is 3. The average Bonchev–Trinajstić information content (AvgIpc) is 3.44. The highest BCUT2D eigenvalue weighted by molar-refractivity contribution is 6.04. The van der Waals surface area contributed by atoms with E-state index in [-0.39, 0.29) is 5.91 Å². The van der Waals surface area contributed by atoms with E-state index >= 15 is 0 Å². The zero-order valence-electron chi connectivity index (χ0n) is 16.1. The predicted octanol–water partition coefficient (Wildman–Crippen LogP) is 5.08. The molecule has 1 fully saturated rings. The van der Waals surface area contributed by atoms with Crippen molar-refractivity contribution in [2.45, 2.75) is 12.8 Å². The van der Waals surface area contributed by atoms with E-state index in [1.807, 2.05) is 42.5 Å². The van der Waals surface area contributed by atoms with Gasteiger partial charge in [0.2, 0.25) is 0 Å². The molecule has 5 nitrogen and oxygen atoms in total.